The van der Waals surface area contributed by atoms with Crippen LogP contribution in [-0.2, 0) is 0 Å². The van der Waals surface area contributed by atoms with Crippen LogP contribution in [0.2, 0.25) is 0 Å². The fraction of sp³-hybridized carbons (Fsp3) is 1.00. The van der Waals surface area contributed by atoms with Crippen molar-refractivity contribution in [1.29, 1.82) is 0 Å². The molecule has 0 amide bonds. The van der Waals surface area contributed by atoms with Crippen molar-refractivity contribution in [3.8, 4) is 0 Å². The highest BCUT2D eigenvalue weighted by Gasteiger charge is 2.15. The van der Waals surface area contributed by atoms with E-state index in [4.69, 9.17) is 0 Å². The Kier molecular flexibility index (Phi) is 6.22. The number of hydrogen-bond donors (Lipinski definition) is 1. The molecule has 3 heteroatoms. The van der Waals surface area contributed by atoms with Crippen LogP contribution in [0.25, 0.3) is 0 Å². The Morgan fingerprint density at radius 3 is 2.20 bits per heavy atom. The number of rotatable bonds is 6. The Bertz CT molecular complexity index is 153. The molecule has 1 aliphatic heterocycles. The minimum Gasteiger partial charge on any atom is -0.314 e. The topological polar surface area (TPSA) is 18.5 Å². The van der Waals surface area contributed by atoms with Gasteiger partial charge in [-0.3, -0.25) is 0 Å². The van der Waals surface area contributed by atoms with Gasteiger partial charge in [0.05, 0.1) is 0 Å². The molecule has 0 aromatic carbocycles. The molecule has 3 nitrogen and oxygen atoms in total. The Morgan fingerprint density at radius 1 is 1.07 bits per heavy atom. The summed E-state index contributed by atoms with van der Waals surface area (Å²) in [5.41, 5.74) is 0. The zero-order valence-electron chi connectivity index (χ0n) is 10.6. The minimum absolute atomic E-state index is 0.666. The van der Waals surface area contributed by atoms with Crippen molar-refractivity contribution in [3.63, 3.8) is 0 Å². The van der Waals surface area contributed by atoms with Gasteiger partial charge in [-0.2, -0.15) is 0 Å². The summed E-state index contributed by atoms with van der Waals surface area (Å²) in [6, 6.07) is 0.666. The normalized spacial score (nSPS) is 21.8. The van der Waals surface area contributed by atoms with Gasteiger partial charge in [-0.25, -0.2) is 0 Å². The summed E-state index contributed by atoms with van der Waals surface area (Å²) in [7, 11) is 0. The zero-order valence-corrected chi connectivity index (χ0v) is 10.6. The number of hydrogen-bond acceptors (Lipinski definition) is 3. The lowest BCUT2D eigenvalue weighted by molar-refractivity contribution is 0.133. The standard InChI is InChI=1S/C12H27N3/c1-4-13-12(3)6-7-15-10-8-14(5-2)9-11-15/h12-13H,4-11H2,1-3H3. The third kappa shape index (κ3) is 4.96. The van der Waals surface area contributed by atoms with E-state index in [9.17, 15) is 0 Å². The van der Waals surface area contributed by atoms with Crippen LogP contribution in [0.4, 0.5) is 0 Å². The zero-order chi connectivity index (χ0) is 11.1. The molecule has 0 saturated carbocycles. The van der Waals surface area contributed by atoms with E-state index in [1.54, 1.807) is 0 Å². The molecule has 1 aliphatic rings. The van der Waals surface area contributed by atoms with Crippen LogP contribution in [0.15, 0.2) is 0 Å². The molecule has 0 bridgehead atoms. The van der Waals surface area contributed by atoms with Gasteiger partial charge in [-0.15, -0.1) is 0 Å². The van der Waals surface area contributed by atoms with E-state index in [1.165, 1.54) is 45.7 Å². The number of nitrogens with zero attached hydrogens (tertiary/aromatic N) is 2. The van der Waals surface area contributed by atoms with Crippen molar-refractivity contribution < 1.29 is 0 Å². The number of nitrogens with one attached hydrogen (secondary N) is 1. The Hall–Kier alpha value is -0.120. The maximum atomic E-state index is 3.47. The first-order chi connectivity index (χ1) is 7.26. The molecule has 1 heterocycles. The van der Waals surface area contributed by atoms with Gasteiger partial charge in [0.25, 0.3) is 0 Å². The summed E-state index contributed by atoms with van der Waals surface area (Å²) < 4.78 is 0. The lowest BCUT2D eigenvalue weighted by Crippen LogP contribution is -2.47. The highest BCUT2D eigenvalue weighted by atomic mass is 15.3. The second-order valence-corrected chi connectivity index (χ2v) is 4.52. The van der Waals surface area contributed by atoms with Gasteiger partial charge in [-0.05, 0) is 33.0 Å². The summed E-state index contributed by atoms with van der Waals surface area (Å²) in [5, 5.41) is 3.47. The Balaban J connectivity index is 2.08. The minimum atomic E-state index is 0.666. The molecule has 0 aliphatic carbocycles. The van der Waals surface area contributed by atoms with E-state index >= 15 is 0 Å². The van der Waals surface area contributed by atoms with E-state index in [-0.39, 0.29) is 0 Å². The van der Waals surface area contributed by atoms with E-state index in [2.05, 4.69) is 35.9 Å². The molecule has 1 unspecified atom stereocenters. The molecule has 90 valence electrons. The van der Waals surface area contributed by atoms with E-state index in [0.29, 0.717) is 6.04 Å². The molecule has 1 saturated heterocycles. The monoisotopic (exact) mass is 213 g/mol. The van der Waals surface area contributed by atoms with Crippen LogP contribution >= 0.6 is 0 Å². The first-order valence-electron chi connectivity index (χ1n) is 6.44. The maximum absolute atomic E-state index is 3.47. The van der Waals surface area contributed by atoms with Crippen LogP contribution in [0.1, 0.15) is 27.2 Å². The molecular formula is C12H27N3. The van der Waals surface area contributed by atoms with Crippen molar-refractivity contribution in [1.82, 2.24) is 15.1 Å². The quantitative estimate of drug-likeness (QED) is 0.710. The van der Waals surface area contributed by atoms with Crippen LogP contribution in [0.3, 0.4) is 0 Å². The molecule has 1 atom stereocenters. The van der Waals surface area contributed by atoms with Gasteiger partial charge in [0.15, 0.2) is 0 Å². The summed E-state index contributed by atoms with van der Waals surface area (Å²) >= 11 is 0. The van der Waals surface area contributed by atoms with Crippen LogP contribution in [-0.4, -0.2) is 61.7 Å². The molecule has 0 aromatic heterocycles. The molecule has 0 spiro atoms. The van der Waals surface area contributed by atoms with Crippen molar-refractivity contribution in [2.24, 2.45) is 0 Å². The third-order valence-corrected chi connectivity index (χ3v) is 3.34. The molecule has 0 aromatic rings. The van der Waals surface area contributed by atoms with Gasteiger partial charge in [0.2, 0.25) is 0 Å². The van der Waals surface area contributed by atoms with Gasteiger partial charge < -0.3 is 15.1 Å². The first kappa shape index (κ1) is 12.9. The Morgan fingerprint density at radius 2 is 1.67 bits per heavy atom. The SMILES string of the molecule is CCNC(C)CCN1CCN(CC)CC1. The predicted molar refractivity (Wildman–Crippen MR) is 66.3 cm³/mol. The van der Waals surface area contributed by atoms with Crippen LogP contribution in [0, 0.1) is 0 Å². The average molecular weight is 213 g/mol. The van der Waals surface area contributed by atoms with Gasteiger partial charge in [0, 0.05) is 32.2 Å². The van der Waals surface area contributed by atoms with Gasteiger partial charge >= 0.3 is 0 Å². The number of piperazine rings is 1. The van der Waals surface area contributed by atoms with Gasteiger partial charge in [0.1, 0.15) is 0 Å². The van der Waals surface area contributed by atoms with Crippen molar-refractivity contribution in [2.75, 3.05) is 45.8 Å². The maximum Gasteiger partial charge on any atom is 0.0110 e. The van der Waals surface area contributed by atoms with Gasteiger partial charge in [-0.1, -0.05) is 13.8 Å². The molecule has 15 heavy (non-hydrogen) atoms. The molecule has 1 N–H and O–H groups in total. The summed E-state index contributed by atoms with van der Waals surface area (Å²) in [4.78, 5) is 5.13. The third-order valence-electron chi connectivity index (χ3n) is 3.34. The van der Waals surface area contributed by atoms with Crippen LogP contribution < -0.4 is 5.32 Å². The Labute approximate surface area is 94.8 Å². The molecule has 1 rings (SSSR count). The molecular weight excluding hydrogens is 186 g/mol. The van der Waals surface area contributed by atoms with Crippen molar-refractivity contribution >= 4 is 0 Å². The highest BCUT2D eigenvalue weighted by molar-refractivity contribution is 4.72. The lowest BCUT2D eigenvalue weighted by Gasteiger charge is -2.34. The smallest absolute Gasteiger partial charge is 0.0110 e. The predicted octanol–water partition coefficient (Wildman–Crippen LogP) is 1.01. The lowest BCUT2D eigenvalue weighted by atomic mass is 10.2. The summed E-state index contributed by atoms with van der Waals surface area (Å²) in [6.45, 7) is 15.3. The fourth-order valence-electron chi connectivity index (χ4n) is 2.16. The van der Waals surface area contributed by atoms with Crippen molar-refractivity contribution in [2.45, 2.75) is 33.2 Å². The summed E-state index contributed by atoms with van der Waals surface area (Å²) in [6.07, 6.45) is 1.28. The average Bonchev–Trinajstić information content (AvgIpc) is 2.27. The molecule has 0 radical (unpaired) electrons. The van der Waals surface area contributed by atoms with Crippen LogP contribution in [0.5, 0.6) is 0 Å². The second kappa shape index (κ2) is 7.20. The van der Waals surface area contributed by atoms with E-state index in [0.717, 1.165) is 6.54 Å². The number of likely N-dealkylation sites (N-methyl/N-ethyl adjacent to an activating group) is 1. The van der Waals surface area contributed by atoms with Crippen molar-refractivity contribution in [3.05, 3.63) is 0 Å². The van der Waals surface area contributed by atoms with E-state index < -0.39 is 0 Å². The molecule has 1 fully saturated rings. The highest BCUT2D eigenvalue weighted by Crippen LogP contribution is 2.03. The first-order valence-corrected chi connectivity index (χ1v) is 6.44. The second-order valence-electron chi connectivity index (χ2n) is 4.52. The largest absolute Gasteiger partial charge is 0.314 e. The fourth-order valence-corrected chi connectivity index (χ4v) is 2.16. The van der Waals surface area contributed by atoms with E-state index in [1.807, 2.05) is 0 Å². The summed E-state index contributed by atoms with van der Waals surface area (Å²) in [5.74, 6) is 0.